The van der Waals surface area contributed by atoms with E-state index in [4.69, 9.17) is 4.74 Å². The molecule has 1 aromatic rings. The van der Waals surface area contributed by atoms with Crippen LogP contribution in [0.5, 0.6) is 0 Å². The lowest BCUT2D eigenvalue weighted by molar-refractivity contribution is -0.140. The minimum Gasteiger partial charge on any atom is -0.383 e. The molecule has 2 nitrogen and oxygen atoms in total. The van der Waals surface area contributed by atoms with E-state index in [0.717, 1.165) is 12.1 Å². The first kappa shape index (κ1) is 12.3. The topological polar surface area (TPSA) is 29.5 Å². The van der Waals surface area contributed by atoms with Gasteiger partial charge < -0.3 is 9.84 Å². The van der Waals surface area contributed by atoms with Gasteiger partial charge in [-0.3, -0.25) is 0 Å². The summed E-state index contributed by atoms with van der Waals surface area (Å²) in [5, 5.41) is 10.0. The molecule has 1 fully saturated rings. The fourth-order valence-electron chi connectivity index (χ4n) is 1.88. The van der Waals surface area contributed by atoms with Crippen molar-refractivity contribution in [3.05, 3.63) is 35.1 Å². The summed E-state index contributed by atoms with van der Waals surface area (Å²) in [4.78, 5) is 0. The van der Waals surface area contributed by atoms with Crippen molar-refractivity contribution in [2.24, 2.45) is 0 Å². The molecule has 94 valence electrons. The van der Waals surface area contributed by atoms with Gasteiger partial charge in [-0.05, 0) is 6.07 Å². The van der Waals surface area contributed by atoms with E-state index >= 15 is 0 Å². The van der Waals surface area contributed by atoms with E-state index in [1.807, 2.05) is 0 Å². The van der Waals surface area contributed by atoms with Crippen LogP contribution in [-0.4, -0.2) is 18.3 Å². The second kappa shape index (κ2) is 3.96. The zero-order valence-electron chi connectivity index (χ0n) is 8.72. The van der Waals surface area contributed by atoms with Crippen LogP contribution in [0, 0.1) is 5.82 Å². The molecule has 0 spiro atoms. The Morgan fingerprint density at radius 1 is 1.29 bits per heavy atom. The Bertz CT molecular complexity index is 422. The minimum absolute atomic E-state index is 0.0885. The Hall–Kier alpha value is -1.14. The van der Waals surface area contributed by atoms with E-state index < -0.39 is 23.2 Å². The maximum atomic E-state index is 13.7. The normalized spacial score (nSPS) is 25.2. The van der Waals surface area contributed by atoms with Crippen molar-refractivity contribution in [3.63, 3.8) is 0 Å². The SMILES string of the molecule is OC1(c2cccc(C(F)(F)F)c2F)CCOC1. The van der Waals surface area contributed by atoms with Gasteiger partial charge in [-0.25, -0.2) is 4.39 Å². The van der Waals surface area contributed by atoms with E-state index in [-0.39, 0.29) is 25.2 Å². The monoisotopic (exact) mass is 250 g/mol. The molecule has 1 N–H and O–H groups in total. The molecule has 1 aliphatic heterocycles. The molecule has 2 rings (SSSR count). The third kappa shape index (κ3) is 2.14. The minimum atomic E-state index is -4.77. The number of rotatable bonds is 1. The van der Waals surface area contributed by atoms with Gasteiger partial charge in [-0.1, -0.05) is 12.1 Å². The van der Waals surface area contributed by atoms with Crippen LogP contribution in [0.25, 0.3) is 0 Å². The number of hydrogen-bond acceptors (Lipinski definition) is 2. The average molecular weight is 250 g/mol. The summed E-state index contributed by atoms with van der Waals surface area (Å²) in [6, 6.07) is 2.88. The van der Waals surface area contributed by atoms with Crippen LogP contribution in [-0.2, 0) is 16.5 Å². The van der Waals surface area contributed by atoms with Gasteiger partial charge in [0.05, 0.1) is 12.2 Å². The maximum absolute atomic E-state index is 13.7. The van der Waals surface area contributed by atoms with Crippen molar-refractivity contribution in [1.29, 1.82) is 0 Å². The number of aliphatic hydroxyl groups is 1. The zero-order valence-corrected chi connectivity index (χ0v) is 8.72. The fraction of sp³-hybridized carbons (Fsp3) is 0.455. The second-order valence-electron chi connectivity index (χ2n) is 4.00. The number of halogens is 4. The Labute approximate surface area is 94.8 Å². The summed E-state index contributed by atoms with van der Waals surface area (Å²) in [5.74, 6) is -1.42. The lowest BCUT2D eigenvalue weighted by Gasteiger charge is -2.23. The molecule has 1 unspecified atom stereocenters. The third-order valence-electron chi connectivity index (χ3n) is 2.81. The van der Waals surface area contributed by atoms with Crippen molar-refractivity contribution >= 4 is 0 Å². The van der Waals surface area contributed by atoms with E-state index in [1.54, 1.807) is 0 Å². The highest BCUT2D eigenvalue weighted by atomic mass is 19.4. The first-order chi connectivity index (χ1) is 7.84. The quantitative estimate of drug-likeness (QED) is 0.776. The summed E-state index contributed by atoms with van der Waals surface area (Å²) in [6.45, 7) is 0.0113. The average Bonchev–Trinajstić information content (AvgIpc) is 2.64. The summed E-state index contributed by atoms with van der Waals surface area (Å²) >= 11 is 0. The van der Waals surface area contributed by atoms with Crippen LogP contribution >= 0.6 is 0 Å². The van der Waals surface area contributed by atoms with Crippen LogP contribution in [0.2, 0.25) is 0 Å². The van der Waals surface area contributed by atoms with Crippen molar-refractivity contribution in [2.75, 3.05) is 13.2 Å². The van der Waals surface area contributed by atoms with Gasteiger partial charge in [-0.2, -0.15) is 13.2 Å². The number of benzene rings is 1. The lowest BCUT2D eigenvalue weighted by Crippen LogP contribution is -2.28. The number of alkyl halides is 3. The smallest absolute Gasteiger partial charge is 0.383 e. The molecule has 0 amide bonds. The molecule has 0 aliphatic carbocycles. The Balaban J connectivity index is 2.49. The highest BCUT2D eigenvalue weighted by Crippen LogP contribution is 2.38. The van der Waals surface area contributed by atoms with Gasteiger partial charge in [0.25, 0.3) is 0 Å². The number of hydrogen-bond donors (Lipinski definition) is 1. The predicted molar refractivity (Wildman–Crippen MR) is 50.7 cm³/mol. The summed E-state index contributed by atoms with van der Waals surface area (Å²) in [7, 11) is 0. The van der Waals surface area contributed by atoms with Crippen molar-refractivity contribution in [2.45, 2.75) is 18.2 Å². The molecule has 0 saturated carbocycles. The van der Waals surface area contributed by atoms with Crippen molar-refractivity contribution in [1.82, 2.24) is 0 Å². The van der Waals surface area contributed by atoms with Gasteiger partial charge in [0.15, 0.2) is 0 Å². The van der Waals surface area contributed by atoms with Gasteiger partial charge >= 0.3 is 6.18 Å². The molecule has 0 radical (unpaired) electrons. The van der Waals surface area contributed by atoms with Crippen LogP contribution < -0.4 is 0 Å². The molecule has 1 saturated heterocycles. The van der Waals surface area contributed by atoms with Gasteiger partial charge in [0.2, 0.25) is 0 Å². The summed E-state index contributed by atoms with van der Waals surface area (Å²) < 4.78 is 56.1. The first-order valence-corrected chi connectivity index (χ1v) is 5.01. The Kier molecular flexibility index (Phi) is 2.87. The molecule has 0 bridgehead atoms. The molecule has 1 atom stereocenters. The Morgan fingerprint density at radius 3 is 2.53 bits per heavy atom. The van der Waals surface area contributed by atoms with E-state index in [9.17, 15) is 22.7 Å². The first-order valence-electron chi connectivity index (χ1n) is 5.01. The molecule has 0 aromatic heterocycles. The highest BCUT2D eigenvalue weighted by Gasteiger charge is 2.41. The lowest BCUT2D eigenvalue weighted by atomic mass is 9.91. The Morgan fingerprint density at radius 2 is 2.00 bits per heavy atom. The van der Waals surface area contributed by atoms with E-state index in [0.29, 0.717) is 6.07 Å². The van der Waals surface area contributed by atoms with E-state index in [2.05, 4.69) is 0 Å². The molecule has 1 heterocycles. The predicted octanol–water partition coefficient (Wildman–Crippen LogP) is 2.45. The molecule has 17 heavy (non-hydrogen) atoms. The molecular formula is C11H10F4O2. The molecule has 1 aliphatic rings. The van der Waals surface area contributed by atoms with Crippen LogP contribution in [0.15, 0.2) is 18.2 Å². The number of ether oxygens (including phenoxy) is 1. The van der Waals surface area contributed by atoms with Gasteiger partial charge in [-0.15, -0.1) is 0 Å². The fourth-order valence-corrected chi connectivity index (χ4v) is 1.88. The molecule has 1 aromatic carbocycles. The summed E-state index contributed by atoms with van der Waals surface area (Å²) in [6.07, 6.45) is -4.68. The van der Waals surface area contributed by atoms with Crippen LogP contribution in [0.1, 0.15) is 17.5 Å². The molecule has 6 heteroatoms. The highest BCUT2D eigenvalue weighted by molar-refractivity contribution is 5.32. The van der Waals surface area contributed by atoms with Crippen molar-refractivity contribution in [3.8, 4) is 0 Å². The largest absolute Gasteiger partial charge is 0.419 e. The van der Waals surface area contributed by atoms with Gasteiger partial charge in [0.1, 0.15) is 11.4 Å². The zero-order chi connectivity index (χ0) is 12.7. The van der Waals surface area contributed by atoms with Crippen LogP contribution in [0.4, 0.5) is 17.6 Å². The standard InChI is InChI=1S/C11H10F4O2/c12-9-7(10(16)4-5-17-6-10)2-1-3-8(9)11(13,14)15/h1-3,16H,4-6H2. The third-order valence-corrected chi connectivity index (χ3v) is 2.81. The summed E-state index contributed by atoms with van der Waals surface area (Å²) in [5.41, 5.74) is -3.38. The molecular weight excluding hydrogens is 240 g/mol. The maximum Gasteiger partial charge on any atom is 0.419 e. The van der Waals surface area contributed by atoms with Crippen LogP contribution in [0.3, 0.4) is 0 Å². The van der Waals surface area contributed by atoms with E-state index in [1.165, 1.54) is 0 Å². The van der Waals surface area contributed by atoms with Crippen molar-refractivity contribution < 1.29 is 27.4 Å². The second-order valence-corrected chi connectivity index (χ2v) is 4.00. The van der Waals surface area contributed by atoms with Gasteiger partial charge in [0, 0.05) is 18.6 Å².